The van der Waals surface area contributed by atoms with Gasteiger partial charge in [-0.25, -0.2) is 0 Å². The van der Waals surface area contributed by atoms with Crippen LogP contribution in [0.5, 0.6) is 5.75 Å². The zero-order valence-electron chi connectivity index (χ0n) is 13.6. The van der Waals surface area contributed by atoms with Crippen LogP contribution in [0.15, 0.2) is 24.3 Å². The van der Waals surface area contributed by atoms with Crippen LogP contribution in [0.1, 0.15) is 38.2 Å². The van der Waals surface area contributed by atoms with Gasteiger partial charge in [0.05, 0.1) is 7.11 Å². The van der Waals surface area contributed by atoms with Crippen LogP contribution < -0.4 is 10.5 Å². The first kappa shape index (κ1) is 16.3. The highest BCUT2D eigenvalue weighted by atomic mass is 16.5. The Bertz CT molecular complexity index is 404. The quantitative estimate of drug-likeness (QED) is 0.838. The number of benzene rings is 1. The lowest BCUT2D eigenvalue weighted by Crippen LogP contribution is -2.45. The fourth-order valence-electron chi connectivity index (χ4n) is 3.57. The topological polar surface area (TPSA) is 38.5 Å². The minimum Gasteiger partial charge on any atom is -0.497 e. The fraction of sp³-hybridized carbons (Fsp3) is 0.667. The maximum Gasteiger partial charge on any atom is 0.118 e. The summed E-state index contributed by atoms with van der Waals surface area (Å²) < 4.78 is 5.22. The van der Waals surface area contributed by atoms with Crippen molar-refractivity contribution in [1.29, 1.82) is 0 Å². The summed E-state index contributed by atoms with van der Waals surface area (Å²) in [4.78, 5) is 2.64. The van der Waals surface area contributed by atoms with E-state index in [-0.39, 0.29) is 0 Å². The molecule has 1 aromatic carbocycles. The SMILES string of the molecule is CCN(CCc1ccc(OC)cc1)C1CCCCC1CN. The van der Waals surface area contributed by atoms with Crippen molar-refractivity contribution in [2.45, 2.75) is 45.1 Å². The summed E-state index contributed by atoms with van der Waals surface area (Å²) in [5.41, 5.74) is 7.37. The van der Waals surface area contributed by atoms with E-state index in [4.69, 9.17) is 10.5 Å². The zero-order valence-corrected chi connectivity index (χ0v) is 13.6. The molecular formula is C18H30N2O. The van der Waals surface area contributed by atoms with Crippen LogP contribution in [-0.2, 0) is 6.42 Å². The van der Waals surface area contributed by atoms with Crippen molar-refractivity contribution in [3.05, 3.63) is 29.8 Å². The van der Waals surface area contributed by atoms with Gasteiger partial charge >= 0.3 is 0 Å². The number of nitrogens with zero attached hydrogens (tertiary/aromatic N) is 1. The van der Waals surface area contributed by atoms with Gasteiger partial charge in [0.2, 0.25) is 0 Å². The van der Waals surface area contributed by atoms with Crippen LogP contribution in [-0.4, -0.2) is 37.7 Å². The van der Waals surface area contributed by atoms with E-state index < -0.39 is 0 Å². The first-order chi connectivity index (χ1) is 10.3. The lowest BCUT2D eigenvalue weighted by Gasteiger charge is -2.39. The molecule has 0 heterocycles. The zero-order chi connectivity index (χ0) is 15.1. The van der Waals surface area contributed by atoms with Crippen LogP contribution in [0.4, 0.5) is 0 Å². The highest BCUT2D eigenvalue weighted by Gasteiger charge is 2.28. The minimum absolute atomic E-state index is 0.687. The van der Waals surface area contributed by atoms with Crippen LogP contribution in [0.2, 0.25) is 0 Å². The predicted octanol–water partition coefficient (Wildman–Crippen LogP) is 3.08. The van der Waals surface area contributed by atoms with E-state index in [1.165, 1.54) is 31.2 Å². The molecular weight excluding hydrogens is 260 g/mol. The van der Waals surface area contributed by atoms with Crippen molar-refractivity contribution in [1.82, 2.24) is 4.90 Å². The normalized spacial score (nSPS) is 22.5. The molecule has 2 unspecified atom stereocenters. The fourth-order valence-corrected chi connectivity index (χ4v) is 3.57. The molecule has 1 aliphatic carbocycles. The molecule has 21 heavy (non-hydrogen) atoms. The molecule has 0 aliphatic heterocycles. The standard InChI is InChI=1S/C18H30N2O/c1-3-20(18-7-5-4-6-16(18)14-19)13-12-15-8-10-17(21-2)11-9-15/h8-11,16,18H,3-7,12-14,19H2,1-2H3. The first-order valence-electron chi connectivity index (χ1n) is 8.35. The van der Waals surface area contributed by atoms with Gasteiger partial charge in [-0.1, -0.05) is 31.9 Å². The van der Waals surface area contributed by atoms with Gasteiger partial charge in [-0.15, -0.1) is 0 Å². The number of rotatable bonds is 7. The van der Waals surface area contributed by atoms with Crippen molar-refractivity contribution < 1.29 is 4.74 Å². The van der Waals surface area contributed by atoms with Crippen LogP contribution in [0.25, 0.3) is 0 Å². The van der Waals surface area contributed by atoms with E-state index in [1.807, 2.05) is 0 Å². The van der Waals surface area contributed by atoms with E-state index in [0.717, 1.165) is 31.8 Å². The van der Waals surface area contributed by atoms with Crippen molar-refractivity contribution in [3.63, 3.8) is 0 Å². The second-order valence-electron chi connectivity index (χ2n) is 6.07. The number of ether oxygens (including phenoxy) is 1. The molecule has 118 valence electrons. The van der Waals surface area contributed by atoms with Crippen LogP contribution in [0, 0.1) is 5.92 Å². The van der Waals surface area contributed by atoms with Crippen molar-refractivity contribution in [3.8, 4) is 5.75 Å². The molecule has 1 aromatic rings. The third-order valence-electron chi connectivity index (χ3n) is 4.89. The van der Waals surface area contributed by atoms with Gasteiger partial charge in [0.1, 0.15) is 5.75 Å². The Morgan fingerprint density at radius 3 is 2.52 bits per heavy atom. The number of likely N-dealkylation sites (N-methyl/N-ethyl adjacent to an activating group) is 1. The highest BCUT2D eigenvalue weighted by molar-refractivity contribution is 5.27. The third kappa shape index (κ3) is 4.45. The molecule has 2 rings (SSSR count). The van der Waals surface area contributed by atoms with Crippen molar-refractivity contribution in [2.24, 2.45) is 11.7 Å². The minimum atomic E-state index is 0.687. The molecule has 0 bridgehead atoms. The van der Waals surface area contributed by atoms with Gasteiger partial charge < -0.3 is 15.4 Å². The number of methoxy groups -OCH3 is 1. The Morgan fingerprint density at radius 1 is 1.19 bits per heavy atom. The number of nitrogens with two attached hydrogens (primary N) is 1. The summed E-state index contributed by atoms with van der Waals surface area (Å²) in [5, 5.41) is 0. The van der Waals surface area contributed by atoms with Gasteiger partial charge in [0.15, 0.2) is 0 Å². The summed E-state index contributed by atoms with van der Waals surface area (Å²) in [6, 6.07) is 9.14. The van der Waals surface area contributed by atoms with Gasteiger partial charge in [-0.05, 0) is 56.0 Å². The Kier molecular flexibility index (Phi) is 6.52. The third-order valence-corrected chi connectivity index (χ3v) is 4.89. The lowest BCUT2D eigenvalue weighted by molar-refractivity contribution is 0.113. The second-order valence-corrected chi connectivity index (χ2v) is 6.07. The molecule has 3 heteroatoms. The van der Waals surface area contributed by atoms with Gasteiger partial charge in [0, 0.05) is 12.6 Å². The van der Waals surface area contributed by atoms with Gasteiger partial charge in [-0.2, -0.15) is 0 Å². The Labute approximate surface area is 129 Å². The predicted molar refractivity (Wildman–Crippen MR) is 88.7 cm³/mol. The molecule has 0 spiro atoms. The summed E-state index contributed by atoms with van der Waals surface area (Å²) >= 11 is 0. The Hall–Kier alpha value is -1.06. The number of hydrogen-bond donors (Lipinski definition) is 1. The van der Waals surface area contributed by atoms with Crippen LogP contribution >= 0.6 is 0 Å². The molecule has 1 saturated carbocycles. The Morgan fingerprint density at radius 2 is 1.90 bits per heavy atom. The number of hydrogen-bond acceptors (Lipinski definition) is 3. The largest absolute Gasteiger partial charge is 0.497 e. The van der Waals surface area contributed by atoms with E-state index in [1.54, 1.807) is 7.11 Å². The first-order valence-corrected chi connectivity index (χ1v) is 8.35. The van der Waals surface area contributed by atoms with Crippen molar-refractivity contribution in [2.75, 3.05) is 26.7 Å². The smallest absolute Gasteiger partial charge is 0.118 e. The van der Waals surface area contributed by atoms with Gasteiger partial charge in [0.25, 0.3) is 0 Å². The molecule has 1 aliphatic rings. The average molecular weight is 290 g/mol. The molecule has 2 N–H and O–H groups in total. The van der Waals surface area contributed by atoms with E-state index in [2.05, 4.69) is 36.1 Å². The monoisotopic (exact) mass is 290 g/mol. The lowest BCUT2D eigenvalue weighted by atomic mass is 9.83. The molecule has 0 radical (unpaired) electrons. The summed E-state index contributed by atoms with van der Waals surface area (Å²) in [6.45, 7) is 5.36. The summed E-state index contributed by atoms with van der Waals surface area (Å²) in [6.07, 6.45) is 6.44. The Balaban J connectivity index is 1.91. The molecule has 0 saturated heterocycles. The van der Waals surface area contributed by atoms with Crippen LogP contribution in [0.3, 0.4) is 0 Å². The maximum atomic E-state index is 5.98. The molecule has 0 amide bonds. The highest BCUT2D eigenvalue weighted by Crippen LogP contribution is 2.28. The molecule has 1 fully saturated rings. The van der Waals surface area contributed by atoms with E-state index in [9.17, 15) is 0 Å². The maximum absolute atomic E-state index is 5.98. The van der Waals surface area contributed by atoms with E-state index >= 15 is 0 Å². The molecule has 0 aromatic heterocycles. The summed E-state index contributed by atoms with van der Waals surface area (Å²) in [5.74, 6) is 1.62. The second kappa shape index (κ2) is 8.40. The van der Waals surface area contributed by atoms with E-state index in [0.29, 0.717) is 12.0 Å². The molecule has 2 atom stereocenters. The van der Waals surface area contributed by atoms with Crippen molar-refractivity contribution >= 4 is 0 Å². The summed E-state index contributed by atoms with van der Waals surface area (Å²) in [7, 11) is 1.71. The van der Waals surface area contributed by atoms with Gasteiger partial charge in [-0.3, -0.25) is 0 Å². The molecule has 3 nitrogen and oxygen atoms in total. The average Bonchev–Trinajstić information content (AvgIpc) is 2.56.